The first-order valence-electron chi connectivity index (χ1n) is 8.61. The molecular weight excluding hydrogens is 462 g/mol. The van der Waals surface area contributed by atoms with Crippen molar-refractivity contribution in [3.63, 3.8) is 0 Å². The lowest BCUT2D eigenvalue weighted by atomic mass is 9.84. The SMILES string of the molecule is CCNC(=NCC(C)(C)c1ccccc1F)NCCc1ncc(C)s1.I. The van der Waals surface area contributed by atoms with E-state index >= 15 is 0 Å². The Morgan fingerprint density at radius 2 is 2.00 bits per heavy atom. The number of aromatic nitrogens is 1. The molecule has 144 valence electrons. The second-order valence-electron chi connectivity index (χ2n) is 6.60. The molecule has 1 aromatic heterocycles. The van der Waals surface area contributed by atoms with Gasteiger partial charge < -0.3 is 10.6 Å². The number of nitrogens with one attached hydrogen (secondary N) is 2. The van der Waals surface area contributed by atoms with E-state index in [2.05, 4.69) is 27.5 Å². The topological polar surface area (TPSA) is 49.3 Å². The zero-order chi connectivity index (χ0) is 18.3. The molecule has 0 amide bonds. The minimum Gasteiger partial charge on any atom is -0.357 e. The zero-order valence-corrected chi connectivity index (χ0v) is 19.0. The average molecular weight is 490 g/mol. The molecule has 4 nitrogen and oxygen atoms in total. The summed E-state index contributed by atoms with van der Waals surface area (Å²) >= 11 is 1.72. The Labute approximate surface area is 176 Å². The molecule has 0 aliphatic rings. The lowest BCUT2D eigenvalue weighted by Gasteiger charge is -2.24. The molecule has 0 saturated heterocycles. The third-order valence-corrected chi connectivity index (χ3v) is 4.85. The van der Waals surface area contributed by atoms with Crippen molar-refractivity contribution >= 4 is 41.3 Å². The molecule has 0 radical (unpaired) electrons. The quantitative estimate of drug-likeness (QED) is 0.346. The van der Waals surface area contributed by atoms with Crippen molar-refractivity contribution in [2.24, 2.45) is 4.99 Å². The van der Waals surface area contributed by atoms with Gasteiger partial charge in [-0.1, -0.05) is 32.0 Å². The summed E-state index contributed by atoms with van der Waals surface area (Å²) in [5.41, 5.74) is 0.313. The molecule has 26 heavy (non-hydrogen) atoms. The number of aliphatic imine (C=N–C) groups is 1. The van der Waals surface area contributed by atoms with Crippen LogP contribution in [-0.4, -0.2) is 30.6 Å². The smallest absolute Gasteiger partial charge is 0.191 e. The molecule has 2 N–H and O–H groups in total. The molecule has 2 aromatic rings. The maximum absolute atomic E-state index is 14.1. The molecule has 2 rings (SSSR count). The number of thiazole rings is 1. The highest BCUT2D eigenvalue weighted by molar-refractivity contribution is 14.0. The molecule has 0 bridgehead atoms. The summed E-state index contributed by atoms with van der Waals surface area (Å²) < 4.78 is 14.1. The Balaban J connectivity index is 0.00000338. The third-order valence-electron chi connectivity index (χ3n) is 3.88. The Hall–Kier alpha value is -1.22. The van der Waals surface area contributed by atoms with Gasteiger partial charge in [-0.15, -0.1) is 35.3 Å². The van der Waals surface area contributed by atoms with Gasteiger partial charge in [0, 0.05) is 36.0 Å². The second-order valence-corrected chi connectivity index (χ2v) is 7.92. The van der Waals surface area contributed by atoms with Gasteiger partial charge in [0.25, 0.3) is 0 Å². The number of aryl methyl sites for hydroxylation is 1. The standard InChI is InChI=1S/C19H27FN4S.HI/c1-5-21-18(22-11-10-17-23-12-14(2)25-17)24-13-19(3,4)15-8-6-7-9-16(15)20;/h6-9,12H,5,10-11,13H2,1-4H3,(H2,21,22,24);1H. The van der Waals surface area contributed by atoms with E-state index in [-0.39, 0.29) is 35.2 Å². The van der Waals surface area contributed by atoms with E-state index in [1.54, 1.807) is 17.4 Å². The van der Waals surface area contributed by atoms with Gasteiger partial charge in [0.15, 0.2) is 5.96 Å². The fraction of sp³-hybridized carbons (Fsp3) is 0.474. The van der Waals surface area contributed by atoms with Crippen LogP contribution < -0.4 is 10.6 Å². The average Bonchev–Trinajstić information content (AvgIpc) is 2.98. The summed E-state index contributed by atoms with van der Waals surface area (Å²) in [5.74, 6) is 0.569. The van der Waals surface area contributed by atoms with Crippen molar-refractivity contribution in [3.05, 3.63) is 51.7 Å². The molecule has 1 aromatic carbocycles. The molecule has 0 aliphatic heterocycles. The monoisotopic (exact) mass is 490 g/mol. The fourth-order valence-corrected chi connectivity index (χ4v) is 3.31. The second kappa shape index (κ2) is 10.8. The minimum atomic E-state index is -0.375. The normalized spacial score (nSPS) is 11.8. The number of nitrogens with zero attached hydrogens (tertiary/aromatic N) is 2. The Morgan fingerprint density at radius 1 is 1.27 bits per heavy atom. The molecule has 0 spiro atoms. The van der Waals surface area contributed by atoms with Gasteiger partial charge in [0.1, 0.15) is 5.82 Å². The van der Waals surface area contributed by atoms with Gasteiger partial charge >= 0.3 is 0 Å². The van der Waals surface area contributed by atoms with Gasteiger partial charge in [-0.25, -0.2) is 9.37 Å². The number of rotatable bonds is 7. The van der Waals surface area contributed by atoms with Crippen LogP contribution in [0.2, 0.25) is 0 Å². The first-order chi connectivity index (χ1) is 11.9. The van der Waals surface area contributed by atoms with Crippen molar-refractivity contribution in [1.82, 2.24) is 15.6 Å². The van der Waals surface area contributed by atoms with Crippen LogP contribution in [0.1, 0.15) is 36.2 Å². The van der Waals surface area contributed by atoms with E-state index in [4.69, 9.17) is 0 Å². The van der Waals surface area contributed by atoms with E-state index in [1.807, 2.05) is 39.1 Å². The van der Waals surface area contributed by atoms with Gasteiger partial charge in [0.05, 0.1) is 11.6 Å². The molecule has 1 heterocycles. The van der Waals surface area contributed by atoms with Crippen molar-refractivity contribution < 1.29 is 4.39 Å². The lowest BCUT2D eigenvalue weighted by Crippen LogP contribution is -2.39. The maximum Gasteiger partial charge on any atom is 0.191 e. The van der Waals surface area contributed by atoms with E-state index in [1.165, 1.54) is 10.9 Å². The summed E-state index contributed by atoms with van der Waals surface area (Å²) in [6.45, 7) is 10.2. The van der Waals surface area contributed by atoms with Crippen LogP contribution in [0, 0.1) is 12.7 Å². The third kappa shape index (κ3) is 6.83. The van der Waals surface area contributed by atoms with E-state index in [0.29, 0.717) is 12.1 Å². The van der Waals surface area contributed by atoms with Crippen LogP contribution in [0.4, 0.5) is 4.39 Å². The van der Waals surface area contributed by atoms with Crippen LogP contribution in [-0.2, 0) is 11.8 Å². The highest BCUT2D eigenvalue weighted by Gasteiger charge is 2.23. The Bertz CT molecular complexity index is 715. The van der Waals surface area contributed by atoms with Gasteiger partial charge in [-0.3, -0.25) is 4.99 Å². The summed E-state index contributed by atoms with van der Waals surface area (Å²) in [6.07, 6.45) is 2.76. The number of guanidine groups is 1. The number of halogens is 2. The van der Waals surface area contributed by atoms with Gasteiger partial charge in [0.2, 0.25) is 0 Å². The van der Waals surface area contributed by atoms with E-state index in [0.717, 1.165) is 30.5 Å². The molecule has 7 heteroatoms. The number of hydrogen-bond acceptors (Lipinski definition) is 3. The first kappa shape index (κ1) is 22.8. The molecule has 0 saturated carbocycles. The minimum absolute atomic E-state index is 0. The van der Waals surface area contributed by atoms with Crippen LogP contribution in [0.3, 0.4) is 0 Å². The largest absolute Gasteiger partial charge is 0.357 e. The lowest BCUT2D eigenvalue weighted by molar-refractivity contribution is 0.492. The van der Waals surface area contributed by atoms with Crippen LogP contribution in [0.15, 0.2) is 35.5 Å². The summed E-state index contributed by atoms with van der Waals surface area (Å²) in [6, 6.07) is 6.91. The number of benzene rings is 1. The van der Waals surface area contributed by atoms with Crippen molar-refractivity contribution in [3.8, 4) is 0 Å². The van der Waals surface area contributed by atoms with Crippen LogP contribution in [0.25, 0.3) is 0 Å². The first-order valence-corrected chi connectivity index (χ1v) is 9.42. The summed E-state index contributed by atoms with van der Waals surface area (Å²) in [7, 11) is 0. The van der Waals surface area contributed by atoms with Crippen molar-refractivity contribution in [1.29, 1.82) is 0 Å². The molecule has 0 unspecified atom stereocenters. The Kier molecular flexibility index (Phi) is 9.49. The Morgan fingerprint density at radius 3 is 2.62 bits per heavy atom. The molecule has 0 aliphatic carbocycles. The van der Waals surface area contributed by atoms with Crippen LogP contribution in [0.5, 0.6) is 0 Å². The van der Waals surface area contributed by atoms with Crippen molar-refractivity contribution in [2.45, 2.75) is 39.5 Å². The van der Waals surface area contributed by atoms with Crippen LogP contribution >= 0.6 is 35.3 Å². The van der Waals surface area contributed by atoms with Gasteiger partial charge in [-0.05, 0) is 25.5 Å². The predicted molar refractivity (Wildman–Crippen MR) is 119 cm³/mol. The number of hydrogen-bond donors (Lipinski definition) is 2. The van der Waals surface area contributed by atoms with Crippen molar-refractivity contribution in [2.75, 3.05) is 19.6 Å². The summed E-state index contributed by atoms with van der Waals surface area (Å²) in [5, 5.41) is 7.69. The maximum atomic E-state index is 14.1. The van der Waals surface area contributed by atoms with Gasteiger partial charge in [-0.2, -0.15) is 0 Å². The van der Waals surface area contributed by atoms with E-state index < -0.39 is 0 Å². The predicted octanol–water partition coefficient (Wildman–Crippen LogP) is 4.28. The van der Waals surface area contributed by atoms with E-state index in [9.17, 15) is 4.39 Å². The molecule has 0 atom stereocenters. The highest BCUT2D eigenvalue weighted by Crippen LogP contribution is 2.25. The highest BCUT2D eigenvalue weighted by atomic mass is 127. The fourth-order valence-electron chi connectivity index (χ4n) is 2.52. The molecule has 0 fully saturated rings. The summed E-state index contributed by atoms with van der Waals surface area (Å²) in [4.78, 5) is 10.2. The zero-order valence-electron chi connectivity index (χ0n) is 15.8. The molecular formula is C19H28FIN4S.